The molecule has 1 aromatic heterocycles. The minimum absolute atomic E-state index is 0.150. The average Bonchev–Trinajstić information content (AvgIpc) is 3.17. The van der Waals surface area contributed by atoms with Crippen LogP contribution in [0.3, 0.4) is 0 Å². The molecule has 4 atom stereocenters. The molecular weight excluding hydrogens is 348 g/mol. The number of likely N-dealkylation sites (tertiary alicyclic amines) is 1. The van der Waals surface area contributed by atoms with E-state index >= 15 is 0 Å². The Labute approximate surface area is 167 Å². The molecule has 28 heavy (non-hydrogen) atoms. The number of carbonyl (C=O) groups is 1. The van der Waals surface area contributed by atoms with E-state index in [4.69, 9.17) is 0 Å². The van der Waals surface area contributed by atoms with Crippen LogP contribution >= 0.6 is 0 Å². The van der Waals surface area contributed by atoms with Crippen LogP contribution in [0.25, 0.3) is 0 Å². The first kappa shape index (κ1) is 17.9. The molecule has 0 radical (unpaired) electrons. The zero-order valence-electron chi connectivity index (χ0n) is 16.7. The van der Waals surface area contributed by atoms with Gasteiger partial charge in [-0.05, 0) is 49.6 Å². The van der Waals surface area contributed by atoms with Crippen LogP contribution < -0.4 is 0 Å². The topological polar surface area (TPSA) is 41.4 Å². The Balaban J connectivity index is 1.42. The van der Waals surface area contributed by atoms with E-state index in [1.54, 1.807) is 12.5 Å². The van der Waals surface area contributed by atoms with Crippen LogP contribution in [0, 0.1) is 11.8 Å². The molecular formula is C23H30N4O. The third-order valence-corrected chi connectivity index (χ3v) is 7.23. The number of hydrogen-bond donors (Lipinski definition) is 0. The SMILES string of the molecule is Cn1cncc1C(=O)N1C[C@H]2C[C@@H](C1)[C@H](Cc1ccccc1)N1CCCC[C@@H]21. The standard InChI is InChI=1S/C23H30N4O/c1-25-16-24-13-22(25)23(28)26-14-18-12-19(15-26)21(11-17-7-3-2-4-8-17)27-10-6-5-9-20(18)27/h2-4,7-8,13,16,18-21H,5-6,9-12,14-15H2,1H3/t18-,19+,20+,21+/m1/s1. The summed E-state index contributed by atoms with van der Waals surface area (Å²) in [6, 6.07) is 12.1. The van der Waals surface area contributed by atoms with Crippen LogP contribution in [0.15, 0.2) is 42.9 Å². The number of aromatic nitrogens is 2. The van der Waals surface area contributed by atoms with Crippen molar-refractivity contribution >= 4 is 5.91 Å². The largest absolute Gasteiger partial charge is 0.337 e. The molecule has 0 spiro atoms. The van der Waals surface area contributed by atoms with Gasteiger partial charge in [-0.1, -0.05) is 36.8 Å². The highest BCUT2D eigenvalue weighted by atomic mass is 16.2. The van der Waals surface area contributed by atoms with Gasteiger partial charge in [0.25, 0.3) is 5.91 Å². The number of piperidine rings is 3. The molecule has 3 fully saturated rings. The number of carbonyl (C=O) groups excluding carboxylic acids is 1. The molecule has 3 aliphatic rings. The Morgan fingerprint density at radius 3 is 2.75 bits per heavy atom. The Kier molecular flexibility index (Phi) is 4.71. The highest BCUT2D eigenvalue weighted by molar-refractivity contribution is 5.92. The zero-order valence-corrected chi connectivity index (χ0v) is 16.7. The molecule has 5 rings (SSSR count). The van der Waals surface area contributed by atoms with Gasteiger partial charge in [-0.25, -0.2) is 4.98 Å². The van der Waals surface area contributed by atoms with Crippen LogP contribution in [0.1, 0.15) is 41.7 Å². The smallest absolute Gasteiger partial charge is 0.272 e. The normalized spacial score (nSPS) is 30.1. The molecule has 148 valence electrons. The van der Waals surface area contributed by atoms with Crippen molar-refractivity contribution in [2.75, 3.05) is 19.6 Å². The average molecular weight is 379 g/mol. The number of fused-ring (bicyclic) bond motifs is 4. The summed E-state index contributed by atoms with van der Waals surface area (Å²) in [7, 11) is 1.91. The molecule has 3 saturated heterocycles. The van der Waals surface area contributed by atoms with Gasteiger partial charge in [-0.3, -0.25) is 9.69 Å². The van der Waals surface area contributed by atoms with Gasteiger partial charge >= 0.3 is 0 Å². The Bertz CT molecular complexity index is 832. The van der Waals surface area contributed by atoms with Crippen molar-refractivity contribution in [3.8, 4) is 0 Å². The summed E-state index contributed by atoms with van der Waals surface area (Å²) in [5.41, 5.74) is 2.13. The number of nitrogens with zero attached hydrogens (tertiary/aromatic N) is 4. The monoisotopic (exact) mass is 378 g/mol. The van der Waals surface area contributed by atoms with E-state index in [0.29, 0.717) is 29.6 Å². The van der Waals surface area contributed by atoms with Gasteiger partial charge in [-0.2, -0.15) is 0 Å². The van der Waals surface area contributed by atoms with E-state index in [2.05, 4.69) is 45.1 Å². The zero-order chi connectivity index (χ0) is 19.1. The molecule has 0 N–H and O–H groups in total. The van der Waals surface area contributed by atoms with Crippen LogP contribution in [-0.2, 0) is 13.5 Å². The van der Waals surface area contributed by atoms with E-state index in [-0.39, 0.29) is 5.91 Å². The summed E-state index contributed by atoms with van der Waals surface area (Å²) in [5.74, 6) is 1.33. The maximum absolute atomic E-state index is 13.2. The molecule has 3 aliphatic heterocycles. The first-order chi connectivity index (χ1) is 13.7. The number of rotatable bonds is 3. The van der Waals surface area contributed by atoms with Crippen LogP contribution in [0.5, 0.6) is 0 Å². The summed E-state index contributed by atoms with van der Waals surface area (Å²) in [6.07, 6.45) is 9.74. The maximum atomic E-state index is 13.2. The molecule has 5 nitrogen and oxygen atoms in total. The summed E-state index contributed by atoms with van der Waals surface area (Å²) < 4.78 is 1.85. The Morgan fingerprint density at radius 1 is 1.14 bits per heavy atom. The van der Waals surface area contributed by atoms with Gasteiger partial charge < -0.3 is 9.47 Å². The second-order valence-electron chi connectivity index (χ2n) is 8.91. The fraction of sp³-hybridized carbons (Fsp3) is 0.565. The summed E-state index contributed by atoms with van der Waals surface area (Å²) in [5, 5.41) is 0. The van der Waals surface area contributed by atoms with Gasteiger partial charge in [0.15, 0.2) is 0 Å². The van der Waals surface area contributed by atoms with E-state index in [9.17, 15) is 4.79 Å². The second kappa shape index (κ2) is 7.36. The van der Waals surface area contributed by atoms with Crippen molar-refractivity contribution in [2.45, 2.75) is 44.2 Å². The van der Waals surface area contributed by atoms with Crippen molar-refractivity contribution in [1.29, 1.82) is 0 Å². The van der Waals surface area contributed by atoms with Gasteiger partial charge in [0.05, 0.1) is 12.5 Å². The quantitative estimate of drug-likeness (QED) is 0.825. The molecule has 0 saturated carbocycles. The lowest BCUT2D eigenvalue weighted by Gasteiger charge is -2.57. The predicted molar refractivity (Wildman–Crippen MR) is 109 cm³/mol. The molecule has 4 heterocycles. The van der Waals surface area contributed by atoms with Crippen LogP contribution in [0.4, 0.5) is 0 Å². The molecule has 1 aromatic carbocycles. The third-order valence-electron chi connectivity index (χ3n) is 7.23. The van der Waals surface area contributed by atoms with E-state index in [1.165, 1.54) is 37.8 Å². The Hall–Kier alpha value is -2.14. The lowest BCUT2D eigenvalue weighted by atomic mass is 9.71. The number of aryl methyl sites for hydroxylation is 1. The lowest BCUT2D eigenvalue weighted by Crippen LogP contribution is -2.64. The Morgan fingerprint density at radius 2 is 1.96 bits per heavy atom. The molecule has 2 bridgehead atoms. The summed E-state index contributed by atoms with van der Waals surface area (Å²) in [6.45, 7) is 3.01. The number of imidazole rings is 1. The van der Waals surface area contributed by atoms with Crippen molar-refractivity contribution in [3.63, 3.8) is 0 Å². The van der Waals surface area contributed by atoms with Gasteiger partial charge in [0, 0.05) is 32.2 Å². The first-order valence-corrected chi connectivity index (χ1v) is 10.8. The molecule has 1 amide bonds. The number of hydrogen-bond acceptors (Lipinski definition) is 3. The predicted octanol–water partition coefficient (Wildman–Crippen LogP) is 2.98. The van der Waals surface area contributed by atoms with Gasteiger partial charge in [0.2, 0.25) is 0 Å². The van der Waals surface area contributed by atoms with E-state index in [1.807, 2.05) is 11.6 Å². The molecule has 2 aromatic rings. The fourth-order valence-corrected chi connectivity index (χ4v) is 5.94. The summed E-state index contributed by atoms with van der Waals surface area (Å²) >= 11 is 0. The van der Waals surface area contributed by atoms with Crippen molar-refractivity contribution < 1.29 is 4.79 Å². The highest BCUT2D eigenvalue weighted by Gasteiger charge is 2.47. The molecule has 5 heteroatoms. The van der Waals surface area contributed by atoms with Crippen LogP contribution in [-0.4, -0.2) is 57.0 Å². The van der Waals surface area contributed by atoms with Crippen molar-refractivity contribution in [2.24, 2.45) is 18.9 Å². The highest BCUT2D eigenvalue weighted by Crippen LogP contribution is 2.42. The molecule has 0 unspecified atom stereocenters. The third kappa shape index (κ3) is 3.16. The van der Waals surface area contributed by atoms with Gasteiger partial charge in [-0.15, -0.1) is 0 Å². The van der Waals surface area contributed by atoms with E-state index < -0.39 is 0 Å². The lowest BCUT2D eigenvalue weighted by molar-refractivity contribution is -0.0643. The van der Waals surface area contributed by atoms with Crippen molar-refractivity contribution in [3.05, 3.63) is 54.1 Å². The van der Waals surface area contributed by atoms with Crippen molar-refractivity contribution in [1.82, 2.24) is 19.4 Å². The van der Waals surface area contributed by atoms with Crippen LogP contribution in [0.2, 0.25) is 0 Å². The minimum Gasteiger partial charge on any atom is -0.337 e. The molecule has 0 aliphatic carbocycles. The van der Waals surface area contributed by atoms with E-state index in [0.717, 1.165) is 19.5 Å². The summed E-state index contributed by atoms with van der Waals surface area (Å²) in [4.78, 5) is 22.3. The minimum atomic E-state index is 0.150. The first-order valence-electron chi connectivity index (χ1n) is 10.8. The second-order valence-corrected chi connectivity index (χ2v) is 8.91. The fourth-order valence-electron chi connectivity index (χ4n) is 5.94. The number of amides is 1. The number of benzene rings is 1. The maximum Gasteiger partial charge on any atom is 0.272 e. The van der Waals surface area contributed by atoms with Gasteiger partial charge in [0.1, 0.15) is 5.69 Å².